The SMILES string of the molecule is COCCOCCCOCC(=O)Nc1cc(N)ccc1Cl. The number of rotatable bonds is 10. The van der Waals surface area contributed by atoms with Crippen molar-refractivity contribution in [2.45, 2.75) is 6.42 Å². The fourth-order valence-corrected chi connectivity index (χ4v) is 1.66. The number of carbonyl (C=O) groups excluding carboxylic acids is 1. The Morgan fingerprint density at radius 3 is 2.76 bits per heavy atom. The molecule has 1 rings (SSSR count). The number of nitrogens with one attached hydrogen (secondary N) is 1. The van der Waals surface area contributed by atoms with E-state index in [0.29, 0.717) is 42.8 Å². The number of anilines is 2. The number of amides is 1. The van der Waals surface area contributed by atoms with Crippen LogP contribution in [0.5, 0.6) is 0 Å². The lowest BCUT2D eigenvalue weighted by atomic mass is 10.3. The van der Waals surface area contributed by atoms with Crippen molar-refractivity contribution < 1.29 is 19.0 Å². The zero-order valence-electron chi connectivity index (χ0n) is 12.1. The quantitative estimate of drug-likeness (QED) is 0.509. The van der Waals surface area contributed by atoms with Crippen molar-refractivity contribution in [3.8, 4) is 0 Å². The summed E-state index contributed by atoms with van der Waals surface area (Å²) < 4.78 is 15.4. The molecule has 0 aliphatic carbocycles. The molecular weight excluding hydrogens is 296 g/mol. The van der Waals surface area contributed by atoms with Gasteiger partial charge in [0.2, 0.25) is 5.91 Å². The smallest absolute Gasteiger partial charge is 0.250 e. The Bertz CT molecular complexity index is 443. The molecule has 118 valence electrons. The third kappa shape index (κ3) is 7.87. The first-order valence-electron chi connectivity index (χ1n) is 6.62. The maximum atomic E-state index is 11.7. The lowest BCUT2D eigenvalue weighted by molar-refractivity contribution is -0.120. The number of nitrogen functional groups attached to an aromatic ring is 1. The molecule has 1 aromatic carbocycles. The van der Waals surface area contributed by atoms with Gasteiger partial charge in [-0.05, 0) is 24.6 Å². The Kier molecular flexibility index (Phi) is 8.77. The molecule has 0 spiro atoms. The number of ether oxygens (including phenoxy) is 3. The second kappa shape index (κ2) is 10.4. The molecule has 7 heteroatoms. The highest BCUT2D eigenvalue weighted by Gasteiger charge is 2.06. The number of carbonyl (C=O) groups is 1. The monoisotopic (exact) mass is 316 g/mol. The van der Waals surface area contributed by atoms with E-state index in [1.54, 1.807) is 25.3 Å². The number of benzene rings is 1. The molecule has 0 atom stereocenters. The first kappa shape index (κ1) is 17.7. The molecule has 0 unspecified atom stereocenters. The van der Waals surface area contributed by atoms with Crippen LogP contribution in [0.1, 0.15) is 6.42 Å². The molecule has 6 nitrogen and oxygen atoms in total. The highest BCUT2D eigenvalue weighted by atomic mass is 35.5. The van der Waals surface area contributed by atoms with Gasteiger partial charge >= 0.3 is 0 Å². The minimum atomic E-state index is -0.275. The average Bonchev–Trinajstić information content (AvgIpc) is 2.46. The summed E-state index contributed by atoms with van der Waals surface area (Å²) in [5.41, 5.74) is 6.64. The molecule has 21 heavy (non-hydrogen) atoms. The summed E-state index contributed by atoms with van der Waals surface area (Å²) in [6.45, 7) is 2.12. The van der Waals surface area contributed by atoms with Crippen LogP contribution in [0.2, 0.25) is 5.02 Å². The summed E-state index contributed by atoms with van der Waals surface area (Å²) in [5.74, 6) is -0.275. The molecule has 0 aliphatic rings. The summed E-state index contributed by atoms with van der Waals surface area (Å²) in [4.78, 5) is 11.7. The standard InChI is InChI=1S/C14H21ClN2O4/c1-19-7-8-20-5-2-6-21-10-14(18)17-13-9-11(16)3-4-12(13)15/h3-4,9H,2,5-8,10,16H2,1H3,(H,17,18). The van der Waals surface area contributed by atoms with Gasteiger partial charge in [0.25, 0.3) is 0 Å². The number of hydrogen-bond acceptors (Lipinski definition) is 5. The van der Waals surface area contributed by atoms with Crippen LogP contribution in [0.3, 0.4) is 0 Å². The second-order valence-corrected chi connectivity index (χ2v) is 4.71. The zero-order chi connectivity index (χ0) is 15.5. The van der Waals surface area contributed by atoms with E-state index in [1.165, 1.54) is 0 Å². The van der Waals surface area contributed by atoms with Gasteiger partial charge in [0, 0.05) is 26.0 Å². The van der Waals surface area contributed by atoms with Crippen molar-refractivity contribution in [2.75, 3.05) is 51.2 Å². The van der Waals surface area contributed by atoms with E-state index in [-0.39, 0.29) is 12.5 Å². The largest absolute Gasteiger partial charge is 0.399 e. The van der Waals surface area contributed by atoms with Crippen LogP contribution in [0.25, 0.3) is 0 Å². The normalized spacial score (nSPS) is 10.6. The lowest BCUT2D eigenvalue weighted by Crippen LogP contribution is -2.19. The minimum Gasteiger partial charge on any atom is -0.399 e. The van der Waals surface area contributed by atoms with Crippen molar-refractivity contribution in [3.63, 3.8) is 0 Å². The van der Waals surface area contributed by atoms with Crippen LogP contribution >= 0.6 is 11.6 Å². The van der Waals surface area contributed by atoms with Crippen LogP contribution < -0.4 is 11.1 Å². The van der Waals surface area contributed by atoms with Crippen molar-refractivity contribution in [1.29, 1.82) is 0 Å². The van der Waals surface area contributed by atoms with E-state index in [9.17, 15) is 4.79 Å². The van der Waals surface area contributed by atoms with Crippen LogP contribution in [0.4, 0.5) is 11.4 Å². The van der Waals surface area contributed by atoms with E-state index < -0.39 is 0 Å². The minimum absolute atomic E-state index is 0.0385. The van der Waals surface area contributed by atoms with Crippen molar-refractivity contribution >= 4 is 28.9 Å². The predicted octanol–water partition coefficient (Wildman–Crippen LogP) is 1.93. The zero-order valence-corrected chi connectivity index (χ0v) is 12.8. The third-order valence-electron chi connectivity index (χ3n) is 2.51. The molecule has 0 aliphatic heterocycles. The molecule has 0 bridgehead atoms. The molecule has 0 saturated heterocycles. The maximum Gasteiger partial charge on any atom is 0.250 e. The fourth-order valence-electron chi connectivity index (χ4n) is 1.50. The summed E-state index contributed by atoms with van der Waals surface area (Å²) in [6, 6.07) is 4.90. The molecule has 1 amide bonds. The molecule has 1 aromatic rings. The van der Waals surface area contributed by atoms with Gasteiger partial charge in [-0.2, -0.15) is 0 Å². The van der Waals surface area contributed by atoms with Crippen LogP contribution in [-0.4, -0.2) is 46.1 Å². The third-order valence-corrected chi connectivity index (χ3v) is 2.84. The Morgan fingerprint density at radius 1 is 1.24 bits per heavy atom. The predicted molar refractivity (Wildman–Crippen MR) is 82.6 cm³/mol. The fraction of sp³-hybridized carbons (Fsp3) is 0.500. The Hall–Kier alpha value is -1.34. The molecule has 0 heterocycles. The maximum absolute atomic E-state index is 11.7. The number of methoxy groups -OCH3 is 1. The number of nitrogens with two attached hydrogens (primary N) is 1. The van der Waals surface area contributed by atoms with Crippen LogP contribution in [0.15, 0.2) is 18.2 Å². The van der Waals surface area contributed by atoms with Gasteiger partial charge in [-0.25, -0.2) is 0 Å². The van der Waals surface area contributed by atoms with Gasteiger partial charge in [-0.1, -0.05) is 11.6 Å². The lowest BCUT2D eigenvalue weighted by Gasteiger charge is -2.09. The second-order valence-electron chi connectivity index (χ2n) is 4.30. The Morgan fingerprint density at radius 2 is 2.00 bits per heavy atom. The Balaban J connectivity index is 2.13. The van der Waals surface area contributed by atoms with E-state index >= 15 is 0 Å². The van der Waals surface area contributed by atoms with Gasteiger partial charge in [-0.3, -0.25) is 4.79 Å². The van der Waals surface area contributed by atoms with Gasteiger partial charge in [0.05, 0.1) is 23.9 Å². The van der Waals surface area contributed by atoms with Crippen molar-refractivity contribution in [2.24, 2.45) is 0 Å². The first-order valence-corrected chi connectivity index (χ1v) is 7.00. The highest BCUT2D eigenvalue weighted by molar-refractivity contribution is 6.33. The van der Waals surface area contributed by atoms with E-state index in [1.807, 2.05) is 0 Å². The van der Waals surface area contributed by atoms with Gasteiger partial charge in [0.1, 0.15) is 6.61 Å². The molecular formula is C14H21ClN2O4. The van der Waals surface area contributed by atoms with Crippen molar-refractivity contribution in [1.82, 2.24) is 0 Å². The molecule has 0 radical (unpaired) electrons. The van der Waals surface area contributed by atoms with Gasteiger partial charge in [-0.15, -0.1) is 0 Å². The number of hydrogen-bond donors (Lipinski definition) is 2. The summed E-state index contributed by atoms with van der Waals surface area (Å²) >= 11 is 5.95. The average molecular weight is 317 g/mol. The highest BCUT2D eigenvalue weighted by Crippen LogP contribution is 2.23. The van der Waals surface area contributed by atoms with E-state index in [2.05, 4.69) is 5.32 Å². The molecule has 3 N–H and O–H groups in total. The molecule has 0 saturated carbocycles. The van der Waals surface area contributed by atoms with Gasteiger partial charge in [0.15, 0.2) is 0 Å². The van der Waals surface area contributed by atoms with Crippen LogP contribution in [0, 0.1) is 0 Å². The summed E-state index contributed by atoms with van der Waals surface area (Å²) in [6.07, 6.45) is 0.718. The first-order chi connectivity index (χ1) is 10.1. The van der Waals surface area contributed by atoms with E-state index in [4.69, 9.17) is 31.5 Å². The topological polar surface area (TPSA) is 82.8 Å². The Labute approximate surface area is 129 Å². The van der Waals surface area contributed by atoms with E-state index in [0.717, 1.165) is 6.42 Å². The summed E-state index contributed by atoms with van der Waals surface area (Å²) in [7, 11) is 1.62. The van der Waals surface area contributed by atoms with Gasteiger partial charge < -0.3 is 25.3 Å². The summed E-state index contributed by atoms with van der Waals surface area (Å²) in [5, 5.41) is 3.08. The molecule has 0 fully saturated rings. The van der Waals surface area contributed by atoms with Crippen LogP contribution in [-0.2, 0) is 19.0 Å². The van der Waals surface area contributed by atoms with Crippen molar-refractivity contribution in [3.05, 3.63) is 23.2 Å². The number of halogens is 1. The molecule has 0 aromatic heterocycles.